The van der Waals surface area contributed by atoms with Crippen molar-refractivity contribution >= 4 is 11.5 Å². The van der Waals surface area contributed by atoms with Gasteiger partial charge >= 0.3 is 0 Å². The van der Waals surface area contributed by atoms with E-state index in [4.69, 9.17) is 5.73 Å². The van der Waals surface area contributed by atoms with Crippen molar-refractivity contribution in [2.24, 2.45) is 0 Å². The lowest BCUT2D eigenvalue weighted by Gasteiger charge is -2.27. The van der Waals surface area contributed by atoms with Gasteiger partial charge in [0.25, 0.3) is 5.92 Å². The average Bonchev–Trinajstić information content (AvgIpc) is 2.25. The van der Waals surface area contributed by atoms with Gasteiger partial charge in [-0.15, -0.1) is 0 Å². The molecule has 0 radical (unpaired) electrons. The maximum Gasteiger partial charge on any atom is 0.280 e. The Hall–Kier alpha value is -1.70. The van der Waals surface area contributed by atoms with Gasteiger partial charge in [-0.1, -0.05) is 0 Å². The molecule has 0 fully saturated rings. The molecule has 0 spiro atoms. The predicted octanol–water partition coefficient (Wildman–Crippen LogP) is 1.23. The summed E-state index contributed by atoms with van der Waals surface area (Å²) in [6, 6.07) is 0. The molecule has 0 amide bonds. The number of alkyl halides is 2. The molecule has 3 N–H and O–H groups in total. The van der Waals surface area contributed by atoms with E-state index >= 15 is 0 Å². The molecule has 2 rings (SSSR count). The number of hydrogen-bond donors (Lipinski definition) is 2. The molecule has 0 aliphatic heterocycles. The van der Waals surface area contributed by atoms with Crippen LogP contribution in [0.5, 0.6) is 0 Å². The standard InChI is InChI=1S/C10H11F3N4O/c1-4-15-8(17-9(14)16-4)5-2-3-10(12,13)7(18)6(5)11/h7,18H,2-3H2,1H3,(H2,14,15,16,17). The van der Waals surface area contributed by atoms with E-state index in [1.54, 1.807) is 0 Å². The quantitative estimate of drug-likeness (QED) is 0.793. The van der Waals surface area contributed by atoms with E-state index < -0.39 is 24.3 Å². The van der Waals surface area contributed by atoms with Crippen molar-refractivity contribution in [1.82, 2.24) is 15.0 Å². The van der Waals surface area contributed by atoms with Crippen LogP contribution in [0.2, 0.25) is 0 Å². The second kappa shape index (κ2) is 4.20. The molecule has 0 saturated heterocycles. The third kappa shape index (κ3) is 2.15. The number of allylic oxidation sites excluding steroid dienone is 1. The molecule has 1 aliphatic carbocycles. The summed E-state index contributed by atoms with van der Waals surface area (Å²) in [5.74, 6) is -4.75. The Bertz CT molecular complexity index is 498. The fourth-order valence-electron chi connectivity index (χ4n) is 1.75. The van der Waals surface area contributed by atoms with Gasteiger partial charge in [0.1, 0.15) is 11.7 Å². The minimum absolute atomic E-state index is 0.105. The highest BCUT2D eigenvalue weighted by Crippen LogP contribution is 2.40. The smallest absolute Gasteiger partial charge is 0.280 e. The molecular weight excluding hydrogens is 249 g/mol. The van der Waals surface area contributed by atoms with Crippen LogP contribution in [0.1, 0.15) is 24.5 Å². The van der Waals surface area contributed by atoms with Crippen LogP contribution in [0.3, 0.4) is 0 Å². The van der Waals surface area contributed by atoms with Gasteiger partial charge in [-0.3, -0.25) is 0 Å². The number of nitrogens with zero attached hydrogens (tertiary/aromatic N) is 3. The maximum atomic E-state index is 13.7. The van der Waals surface area contributed by atoms with E-state index in [1.165, 1.54) is 6.92 Å². The molecule has 8 heteroatoms. The zero-order valence-electron chi connectivity index (χ0n) is 9.49. The summed E-state index contributed by atoms with van der Waals surface area (Å²) in [7, 11) is 0. The van der Waals surface area contributed by atoms with Crippen LogP contribution in [-0.2, 0) is 0 Å². The normalized spacial score (nSPS) is 23.3. The van der Waals surface area contributed by atoms with Crippen LogP contribution < -0.4 is 5.73 Å². The lowest BCUT2D eigenvalue weighted by molar-refractivity contribution is -0.107. The van der Waals surface area contributed by atoms with E-state index in [2.05, 4.69) is 15.0 Å². The van der Waals surface area contributed by atoms with Crippen LogP contribution in [0.4, 0.5) is 19.1 Å². The predicted molar refractivity (Wildman–Crippen MR) is 57.2 cm³/mol. The average molecular weight is 260 g/mol. The molecule has 5 nitrogen and oxygen atoms in total. The highest BCUT2D eigenvalue weighted by Gasteiger charge is 2.46. The highest BCUT2D eigenvalue weighted by atomic mass is 19.3. The van der Waals surface area contributed by atoms with Gasteiger partial charge in [-0.2, -0.15) is 9.97 Å². The molecule has 98 valence electrons. The monoisotopic (exact) mass is 260 g/mol. The summed E-state index contributed by atoms with van der Waals surface area (Å²) in [6.45, 7) is 1.52. The Morgan fingerprint density at radius 1 is 1.33 bits per heavy atom. The Morgan fingerprint density at radius 3 is 2.61 bits per heavy atom. The second-order valence-electron chi connectivity index (χ2n) is 4.05. The van der Waals surface area contributed by atoms with Crippen LogP contribution in [0.15, 0.2) is 5.83 Å². The van der Waals surface area contributed by atoms with Gasteiger partial charge in [0.2, 0.25) is 5.95 Å². The van der Waals surface area contributed by atoms with Gasteiger partial charge in [-0.05, 0) is 13.3 Å². The Kier molecular flexibility index (Phi) is 2.97. The molecule has 1 aliphatic rings. The van der Waals surface area contributed by atoms with E-state index in [9.17, 15) is 18.3 Å². The van der Waals surface area contributed by atoms with E-state index in [-0.39, 0.29) is 29.6 Å². The number of aromatic nitrogens is 3. The lowest BCUT2D eigenvalue weighted by Crippen LogP contribution is -2.37. The summed E-state index contributed by atoms with van der Waals surface area (Å²) < 4.78 is 39.9. The topological polar surface area (TPSA) is 84.9 Å². The first-order valence-corrected chi connectivity index (χ1v) is 5.24. The lowest BCUT2D eigenvalue weighted by atomic mass is 9.92. The maximum absolute atomic E-state index is 13.7. The van der Waals surface area contributed by atoms with E-state index in [1.807, 2.05) is 0 Å². The first kappa shape index (κ1) is 12.7. The third-order valence-corrected chi connectivity index (χ3v) is 2.67. The van der Waals surface area contributed by atoms with Crippen LogP contribution in [0.25, 0.3) is 5.57 Å². The Balaban J connectivity index is 2.48. The van der Waals surface area contributed by atoms with Crippen LogP contribution in [-0.4, -0.2) is 32.1 Å². The van der Waals surface area contributed by atoms with Crippen molar-refractivity contribution in [2.45, 2.75) is 31.8 Å². The third-order valence-electron chi connectivity index (χ3n) is 2.67. The van der Waals surface area contributed by atoms with Gasteiger partial charge in [0, 0.05) is 12.0 Å². The summed E-state index contributed by atoms with van der Waals surface area (Å²) in [4.78, 5) is 11.2. The number of aliphatic hydroxyl groups excluding tert-OH is 1. The zero-order valence-corrected chi connectivity index (χ0v) is 9.49. The van der Waals surface area contributed by atoms with Gasteiger partial charge in [0.05, 0.1) is 0 Å². The zero-order chi connectivity index (χ0) is 13.5. The number of aryl methyl sites for hydroxylation is 1. The number of aliphatic hydroxyl groups is 1. The minimum Gasteiger partial charge on any atom is -0.380 e. The molecule has 1 aromatic heterocycles. The summed E-state index contributed by atoms with van der Waals surface area (Å²) in [5.41, 5.74) is 5.23. The van der Waals surface area contributed by atoms with Crippen molar-refractivity contribution in [3.05, 3.63) is 17.5 Å². The van der Waals surface area contributed by atoms with Crippen molar-refractivity contribution < 1.29 is 18.3 Å². The largest absolute Gasteiger partial charge is 0.380 e. The molecule has 1 atom stereocenters. The van der Waals surface area contributed by atoms with Crippen molar-refractivity contribution in [3.8, 4) is 0 Å². The highest BCUT2D eigenvalue weighted by molar-refractivity contribution is 5.64. The first-order valence-electron chi connectivity index (χ1n) is 5.24. The minimum atomic E-state index is -3.47. The Labute approximate surface area is 101 Å². The number of hydrogen-bond acceptors (Lipinski definition) is 5. The van der Waals surface area contributed by atoms with Crippen molar-refractivity contribution in [3.63, 3.8) is 0 Å². The Morgan fingerprint density at radius 2 is 2.00 bits per heavy atom. The fourth-order valence-corrected chi connectivity index (χ4v) is 1.75. The van der Waals surface area contributed by atoms with Gasteiger partial charge < -0.3 is 10.8 Å². The number of halogens is 3. The van der Waals surface area contributed by atoms with E-state index in [0.717, 1.165) is 0 Å². The number of nitrogens with two attached hydrogens (primary N) is 1. The molecule has 0 bridgehead atoms. The van der Waals surface area contributed by atoms with Crippen LogP contribution >= 0.6 is 0 Å². The fraction of sp³-hybridized carbons (Fsp3) is 0.500. The molecule has 1 aromatic rings. The number of nitrogen functional groups attached to an aromatic ring is 1. The summed E-state index contributed by atoms with van der Waals surface area (Å²) >= 11 is 0. The molecule has 1 heterocycles. The molecule has 18 heavy (non-hydrogen) atoms. The number of rotatable bonds is 1. The van der Waals surface area contributed by atoms with Crippen LogP contribution in [0, 0.1) is 6.92 Å². The van der Waals surface area contributed by atoms with E-state index in [0.29, 0.717) is 0 Å². The van der Waals surface area contributed by atoms with Crippen molar-refractivity contribution in [1.29, 1.82) is 0 Å². The first-order chi connectivity index (χ1) is 8.31. The molecule has 0 aromatic carbocycles. The SMILES string of the molecule is Cc1nc(N)nc(C2=C(F)C(O)C(F)(F)CC2)n1. The second-order valence-corrected chi connectivity index (χ2v) is 4.05. The summed E-state index contributed by atoms with van der Waals surface area (Å²) in [6.07, 6.45) is -3.39. The summed E-state index contributed by atoms with van der Waals surface area (Å²) in [5, 5.41) is 9.19. The van der Waals surface area contributed by atoms with Gasteiger partial charge in [0.15, 0.2) is 11.9 Å². The number of anilines is 1. The molecule has 0 saturated carbocycles. The van der Waals surface area contributed by atoms with Gasteiger partial charge in [-0.25, -0.2) is 18.2 Å². The van der Waals surface area contributed by atoms with Crippen molar-refractivity contribution in [2.75, 3.05) is 5.73 Å². The molecule has 1 unspecified atom stereocenters. The molecular formula is C10H11F3N4O.